The van der Waals surface area contributed by atoms with Crippen LogP contribution in [0, 0.1) is 12.7 Å². The molecule has 2 aromatic carbocycles. The van der Waals surface area contributed by atoms with Crippen LogP contribution < -0.4 is 15.4 Å². The number of methoxy groups -OCH3 is 1. The second-order valence-corrected chi connectivity index (χ2v) is 6.62. The summed E-state index contributed by atoms with van der Waals surface area (Å²) in [5, 5.41) is 6.51. The quantitative estimate of drug-likeness (QED) is 0.277. The first-order chi connectivity index (χ1) is 14.1. The fourth-order valence-electron chi connectivity index (χ4n) is 2.95. The van der Waals surface area contributed by atoms with Crippen molar-refractivity contribution in [2.75, 3.05) is 13.7 Å². The van der Waals surface area contributed by atoms with E-state index in [1.165, 1.54) is 6.07 Å². The number of aliphatic imine (C=N–C) groups is 1. The number of nitrogens with zero attached hydrogens (tertiary/aromatic N) is 3. The Balaban J connectivity index is 0.00000320. The van der Waals surface area contributed by atoms with Crippen LogP contribution in [0.15, 0.2) is 60.1 Å². The van der Waals surface area contributed by atoms with Crippen molar-refractivity contribution in [1.29, 1.82) is 0 Å². The van der Waals surface area contributed by atoms with Crippen LogP contribution in [0.2, 0.25) is 0 Å². The lowest BCUT2D eigenvalue weighted by Crippen LogP contribution is -2.36. The van der Waals surface area contributed by atoms with Gasteiger partial charge in [-0.1, -0.05) is 18.2 Å². The van der Waals surface area contributed by atoms with Crippen molar-refractivity contribution in [3.63, 3.8) is 0 Å². The summed E-state index contributed by atoms with van der Waals surface area (Å²) in [7, 11) is 1.67. The summed E-state index contributed by atoms with van der Waals surface area (Å²) >= 11 is 0. The van der Waals surface area contributed by atoms with Crippen molar-refractivity contribution in [3.05, 3.63) is 77.6 Å². The number of rotatable bonds is 7. The fourth-order valence-corrected chi connectivity index (χ4v) is 2.95. The maximum atomic E-state index is 14.4. The van der Waals surface area contributed by atoms with Crippen molar-refractivity contribution in [3.8, 4) is 11.4 Å². The van der Waals surface area contributed by atoms with Crippen molar-refractivity contribution in [1.82, 2.24) is 20.2 Å². The zero-order chi connectivity index (χ0) is 20.6. The van der Waals surface area contributed by atoms with Gasteiger partial charge in [-0.05, 0) is 43.2 Å². The number of imidazole rings is 1. The first-order valence-electron chi connectivity index (χ1n) is 9.53. The highest BCUT2D eigenvalue weighted by molar-refractivity contribution is 14.0. The molecule has 0 aliphatic heterocycles. The monoisotopic (exact) mass is 523 g/mol. The maximum Gasteiger partial charge on any atom is 0.191 e. The minimum atomic E-state index is -0.307. The molecule has 6 nitrogen and oxygen atoms in total. The second-order valence-electron chi connectivity index (χ2n) is 6.62. The second kappa shape index (κ2) is 11.5. The molecule has 0 bridgehead atoms. The number of guanidine groups is 1. The molecule has 0 fully saturated rings. The van der Waals surface area contributed by atoms with Gasteiger partial charge in [0.25, 0.3) is 0 Å². The first kappa shape index (κ1) is 23.7. The molecule has 0 aliphatic rings. The van der Waals surface area contributed by atoms with Gasteiger partial charge in [-0.15, -0.1) is 24.0 Å². The van der Waals surface area contributed by atoms with Crippen LogP contribution in [0.25, 0.3) is 5.69 Å². The average molecular weight is 523 g/mol. The molecule has 3 aromatic rings. The molecule has 0 saturated heterocycles. The maximum absolute atomic E-state index is 14.4. The van der Waals surface area contributed by atoms with Gasteiger partial charge in [0.2, 0.25) is 0 Å². The lowest BCUT2D eigenvalue weighted by Gasteiger charge is -2.14. The minimum absolute atomic E-state index is 0. The third-order valence-corrected chi connectivity index (χ3v) is 4.45. The van der Waals surface area contributed by atoms with Gasteiger partial charge < -0.3 is 19.9 Å². The fraction of sp³-hybridized carbons (Fsp3) is 0.273. The van der Waals surface area contributed by atoms with Gasteiger partial charge in [-0.25, -0.2) is 14.4 Å². The number of benzene rings is 2. The number of hydrogen-bond acceptors (Lipinski definition) is 3. The third-order valence-electron chi connectivity index (χ3n) is 4.45. The van der Waals surface area contributed by atoms with Crippen LogP contribution in [-0.2, 0) is 13.1 Å². The number of nitrogens with one attached hydrogen (secondary N) is 2. The largest absolute Gasteiger partial charge is 0.496 e. The van der Waals surface area contributed by atoms with Gasteiger partial charge >= 0.3 is 0 Å². The molecule has 160 valence electrons. The Bertz CT molecular complexity index is 976. The number of halogens is 2. The summed E-state index contributed by atoms with van der Waals surface area (Å²) in [5.74, 6) is 1.19. The van der Waals surface area contributed by atoms with Crippen molar-refractivity contribution < 1.29 is 9.13 Å². The Morgan fingerprint density at radius 3 is 2.70 bits per heavy atom. The van der Waals surface area contributed by atoms with Crippen molar-refractivity contribution in [2.45, 2.75) is 26.9 Å². The highest BCUT2D eigenvalue weighted by Gasteiger charge is 2.07. The summed E-state index contributed by atoms with van der Waals surface area (Å²) in [6, 6.07) is 11.2. The van der Waals surface area contributed by atoms with E-state index in [1.54, 1.807) is 36.5 Å². The molecule has 0 atom stereocenters. The molecule has 0 unspecified atom stereocenters. The van der Waals surface area contributed by atoms with E-state index in [9.17, 15) is 4.39 Å². The van der Waals surface area contributed by atoms with Crippen LogP contribution in [0.4, 0.5) is 4.39 Å². The molecule has 0 radical (unpaired) electrons. The Morgan fingerprint density at radius 2 is 2.03 bits per heavy atom. The molecule has 30 heavy (non-hydrogen) atoms. The van der Waals surface area contributed by atoms with Crippen LogP contribution in [-0.4, -0.2) is 29.2 Å². The molecule has 0 aliphatic carbocycles. The van der Waals surface area contributed by atoms with E-state index >= 15 is 0 Å². The van der Waals surface area contributed by atoms with E-state index in [2.05, 4.69) is 20.6 Å². The Morgan fingerprint density at radius 1 is 1.20 bits per heavy atom. The van der Waals surface area contributed by atoms with Gasteiger partial charge in [0.1, 0.15) is 11.6 Å². The van der Waals surface area contributed by atoms with Gasteiger partial charge in [0.05, 0.1) is 25.7 Å². The van der Waals surface area contributed by atoms with Crippen LogP contribution in [0.5, 0.6) is 5.75 Å². The number of aromatic nitrogens is 2. The summed E-state index contributed by atoms with van der Waals surface area (Å²) < 4.78 is 21.5. The Labute approximate surface area is 193 Å². The molecule has 0 amide bonds. The molecular weight excluding hydrogens is 496 g/mol. The molecule has 0 spiro atoms. The topological polar surface area (TPSA) is 63.5 Å². The van der Waals surface area contributed by atoms with E-state index in [4.69, 9.17) is 4.74 Å². The highest BCUT2D eigenvalue weighted by atomic mass is 127. The lowest BCUT2D eigenvalue weighted by molar-refractivity contribution is 0.408. The van der Waals surface area contributed by atoms with Crippen LogP contribution in [0.1, 0.15) is 23.6 Å². The van der Waals surface area contributed by atoms with E-state index in [-0.39, 0.29) is 29.8 Å². The lowest BCUT2D eigenvalue weighted by atomic mass is 10.1. The Hall–Kier alpha value is -2.62. The van der Waals surface area contributed by atoms with Gasteiger partial charge in [0, 0.05) is 31.0 Å². The zero-order valence-electron chi connectivity index (χ0n) is 17.4. The van der Waals surface area contributed by atoms with Gasteiger partial charge in [-0.3, -0.25) is 0 Å². The third kappa shape index (κ3) is 6.19. The van der Waals surface area contributed by atoms with E-state index < -0.39 is 0 Å². The van der Waals surface area contributed by atoms with E-state index in [0.717, 1.165) is 29.0 Å². The summed E-state index contributed by atoms with van der Waals surface area (Å²) in [6.07, 6.45) is 4.90. The average Bonchev–Trinajstić information content (AvgIpc) is 3.25. The molecule has 0 saturated carbocycles. The number of hydrogen-bond donors (Lipinski definition) is 2. The van der Waals surface area contributed by atoms with Gasteiger partial charge in [-0.2, -0.15) is 0 Å². The summed E-state index contributed by atoms with van der Waals surface area (Å²) in [5.41, 5.74) is 3.44. The molecule has 1 heterocycles. The van der Waals surface area contributed by atoms with Crippen molar-refractivity contribution >= 4 is 29.9 Å². The highest BCUT2D eigenvalue weighted by Crippen LogP contribution is 2.19. The molecule has 8 heteroatoms. The molecule has 3 rings (SSSR count). The van der Waals surface area contributed by atoms with Crippen LogP contribution >= 0.6 is 24.0 Å². The predicted molar refractivity (Wildman–Crippen MR) is 128 cm³/mol. The normalized spacial score (nSPS) is 11.0. The zero-order valence-corrected chi connectivity index (χ0v) is 19.7. The summed E-state index contributed by atoms with van der Waals surface area (Å²) in [6.45, 7) is 5.70. The minimum Gasteiger partial charge on any atom is -0.496 e. The van der Waals surface area contributed by atoms with E-state index in [0.29, 0.717) is 24.7 Å². The summed E-state index contributed by atoms with van der Waals surface area (Å²) in [4.78, 5) is 8.53. The van der Waals surface area contributed by atoms with Crippen LogP contribution in [0.3, 0.4) is 0 Å². The number of ether oxygens (including phenoxy) is 1. The predicted octanol–water partition coefficient (Wildman–Crippen LogP) is 4.20. The molecule has 2 N–H and O–H groups in total. The molecule has 1 aromatic heterocycles. The van der Waals surface area contributed by atoms with Gasteiger partial charge in [0.15, 0.2) is 5.96 Å². The number of aryl methyl sites for hydroxylation is 1. The molecular formula is C22H27FIN5O. The Kier molecular flexibility index (Phi) is 9.10. The van der Waals surface area contributed by atoms with E-state index in [1.807, 2.05) is 38.1 Å². The van der Waals surface area contributed by atoms with Crippen molar-refractivity contribution in [2.24, 2.45) is 4.99 Å². The standard InChI is InChI=1S/C22H26FN5O.HI/c1-4-25-22(27-14-18-7-5-16(2)11-21(18)29-3)26-13-17-6-8-20(19(23)12-17)28-10-9-24-15-28;/h5-12,15H,4,13-14H2,1-3H3,(H2,25,26,27);1H. The first-order valence-corrected chi connectivity index (χ1v) is 9.53. The smallest absolute Gasteiger partial charge is 0.191 e. The SMILES string of the molecule is CCNC(=NCc1ccc(-n2ccnc2)c(F)c1)NCc1ccc(C)cc1OC.I.